The summed E-state index contributed by atoms with van der Waals surface area (Å²) in [4.78, 5) is 65.5. The Hall–Kier alpha value is -3.51. The van der Waals surface area contributed by atoms with E-state index in [0.717, 1.165) is 5.56 Å². The summed E-state index contributed by atoms with van der Waals surface area (Å²) in [6, 6.07) is 3.88. The Morgan fingerprint density at radius 1 is 1.00 bits per heavy atom. The maximum atomic E-state index is 13.4. The maximum absolute atomic E-state index is 13.4. The summed E-state index contributed by atoms with van der Waals surface area (Å²) < 4.78 is 0. The molecular weight excluding hydrogens is 530 g/mol. The Kier molecular flexibility index (Phi) is 13.2. The molecule has 2 rings (SSSR count). The van der Waals surface area contributed by atoms with E-state index >= 15 is 0 Å². The fourth-order valence-electron chi connectivity index (χ4n) is 4.83. The van der Waals surface area contributed by atoms with Crippen LogP contribution in [0.5, 0.6) is 0 Å². The Morgan fingerprint density at radius 2 is 1.63 bits per heavy atom. The highest BCUT2D eigenvalue weighted by Crippen LogP contribution is 2.20. The van der Waals surface area contributed by atoms with Crippen LogP contribution in [0.4, 0.5) is 0 Å². The van der Waals surface area contributed by atoms with Crippen molar-refractivity contribution in [3.05, 3.63) is 35.9 Å². The van der Waals surface area contributed by atoms with E-state index in [1.807, 2.05) is 51.1 Å². The van der Waals surface area contributed by atoms with Gasteiger partial charge in [-0.3, -0.25) is 19.2 Å². The molecule has 1 aliphatic heterocycles. The fraction of sp³-hybridized carbons (Fsp3) is 0.621. The molecule has 0 saturated carbocycles. The predicted molar refractivity (Wildman–Crippen MR) is 152 cm³/mol. The first-order valence-corrected chi connectivity index (χ1v) is 14.2. The smallest absolute Gasteiger partial charge is 0.326 e. The van der Waals surface area contributed by atoms with Gasteiger partial charge in [0, 0.05) is 6.54 Å². The van der Waals surface area contributed by atoms with E-state index in [1.54, 1.807) is 6.92 Å². The van der Waals surface area contributed by atoms with Crippen molar-refractivity contribution >= 4 is 29.6 Å². The van der Waals surface area contributed by atoms with Gasteiger partial charge in [0.2, 0.25) is 23.6 Å². The van der Waals surface area contributed by atoms with E-state index in [9.17, 15) is 34.2 Å². The monoisotopic (exact) mass is 575 g/mol. The molecule has 1 saturated heterocycles. The van der Waals surface area contributed by atoms with Gasteiger partial charge in [0.25, 0.3) is 0 Å². The van der Waals surface area contributed by atoms with Crippen LogP contribution in [0.3, 0.4) is 0 Å². The topological polar surface area (TPSA) is 191 Å². The Morgan fingerprint density at radius 3 is 2.20 bits per heavy atom. The number of aliphatic carboxylic acids is 1. The minimum absolute atomic E-state index is 0.0268. The summed E-state index contributed by atoms with van der Waals surface area (Å²) in [5, 5.41) is 27.2. The maximum Gasteiger partial charge on any atom is 0.326 e. The van der Waals surface area contributed by atoms with Crippen molar-refractivity contribution in [2.45, 2.75) is 90.0 Å². The van der Waals surface area contributed by atoms with Gasteiger partial charge in [-0.05, 0) is 43.1 Å². The number of hydrogen-bond acceptors (Lipinski definition) is 7. The zero-order valence-electron chi connectivity index (χ0n) is 24.3. The average Bonchev–Trinajstić information content (AvgIpc) is 3.43. The number of carbonyl (C=O) groups excluding carboxylic acids is 4. The number of carboxylic acid groups (broad SMARTS) is 1. The molecule has 1 aliphatic rings. The third kappa shape index (κ3) is 9.82. The summed E-state index contributed by atoms with van der Waals surface area (Å²) in [6.07, 6.45) is 1.86. The zero-order valence-corrected chi connectivity index (χ0v) is 24.3. The average molecular weight is 576 g/mol. The molecule has 0 unspecified atom stereocenters. The number of nitrogens with zero attached hydrogens (tertiary/aromatic N) is 1. The molecule has 41 heavy (non-hydrogen) atoms. The van der Waals surface area contributed by atoms with Crippen LogP contribution < -0.4 is 21.7 Å². The molecule has 0 bridgehead atoms. The fourth-order valence-corrected chi connectivity index (χ4v) is 4.83. The summed E-state index contributed by atoms with van der Waals surface area (Å²) in [6.45, 7) is 6.87. The van der Waals surface area contributed by atoms with Gasteiger partial charge in [0.1, 0.15) is 24.2 Å². The molecule has 1 aromatic rings. The van der Waals surface area contributed by atoms with Gasteiger partial charge in [0.05, 0.1) is 12.6 Å². The van der Waals surface area contributed by atoms with Gasteiger partial charge in [-0.25, -0.2) is 4.79 Å². The first-order chi connectivity index (χ1) is 19.4. The van der Waals surface area contributed by atoms with Gasteiger partial charge in [-0.2, -0.15) is 0 Å². The van der Waals surface area contributed by atoms with Crippen molar-refractivity contribution in [3.63, 3.8) is 0 Å². The van der Waals surface area contributed by atoms with Crippen molar-refractivity contribution in [3.8, 4) is 0 Å². The Labute approximate surface area is 241 Å². The highest BCUT2D eigenvalue weighted by molar-refractivity contribution is 5.96. The number of nitrogens with one attached hydrogen (secondary N) is 3. The van der Waals surface area contributed by atoms with Gasteiger partial charge in [0.15, 0.2) is 0 Å². The molecule has 0 spiro atoms. The Balaban J connectivity index is 2.09. The van der Waals surface area contributed by atoms with Crippen molar-refractivity contribution in [2.75, 3.05) is 13.2 Å². The van der Waals surface area contributed by atoms with Crippen molar-refractivity contribution in [1.29, 1.82) is 0 Å². The van der Waals surface area contributed by atoms with Crippen LogP contribution >= 0.6 is 0 Å². The number of carboxylic acids is 1. The molecule has 4 amide bonds. The number of likely N-dealkylation sites (tertiary alicyclic amines) is 1. The van der Waals surface area contributed by atoms with E-state index in [4.69, 9.17) is 5.73 Å². The summed E-state index contributed by atoms with van der Waals surface area (Å²) in [5.41, 5.74) is 6.87. The van der Waals surface area contributed by atoms with Gasteiger partial charge in [-0.15, -0.1) is 0 Å². The number of hydrogen-bond donors (Lipinski definition) is 6. The molecule has 6 atom stereocenters. The standard InChI is InChI=1S/C29H45N5O7/c1-5-18(4)24(27(38)31-21(29(40)41)14-17(2)3)33-26(37)23-12-9-13-34(23)28(39)22(16-35)32-25(36)20(30)15-19-10-7-6-8-11-19/h6-8,10-11,17-18,20-24,35H,5,9,12-16,30H2,1-4H3,(H,31,38)(H,32,36)(H,33,37)(H,40,41)/t18-,20-,21-,22-,23-,24-/m0/s1. The molecule has 0 radical (unpaired) electrons. The van der Waals surface area contributed by atoms with E-state index in [-0.39, 0.29) is 31.2 Å². The number of rotatable bonds is 15. The quantitative estimate of drug-likeness (QED) is 0.170. The van der Waals surface area contributed by atoms with Crippen molar-refractivity contribution in [1.82, 2.24) is 20.9 Å². The lowest BCUT2D eigenvalue weighted by molar-refractivity contribution is -0.144. The second kappa shape index (κ2) is 16.1. The number of benzene rings is 1. The number of carbonyl (C=O) groups is 5. The van der Waals surface area contributed by atoms with Crippen LogP contribution in [-0.2, 0) is 30.4 Å². The minimum atomic E-state index is -1.29. The van der Waals surface area contributed by atoms with Crippen LogP contribution in [0.15, 0.2) is 30.3 Å². The normalized spacial score (nSPS) is 18.6. The zero-order chi connectivity index (χ0) is 30.7. The van der Waals surface area contributed by atoms with E-state index in [1.165, 1.54) is 4.90 Å². The minimum Gasteiger partial charge on any atom is -0.480 e. The molecule has 7 N–H and O–H groups in total. The largest absolute Gasteiger partial charge is 0.480 e. The van der Waals surface area contributed by atoms with Gasteiger partial charge < -0.3 is 36.8 Å². The first-order valence-electron chi connectivity index (χ1n) is 14.2. The van der Waals surface area contributed by atoms with E-state index < -0.39 is 66.4 Å². The third-order valence-electron chi connectivity index (χ3n) is 7.39. The molecule has 0 aliphatic carbocycles. The van der Waals surface area contributed by atoms with Crippen molar-refractivity contribution < 1.29 is 34.2 Å². The molecular formula is C29H45N5O7. The predicted octanol–water partition coefficient (Wildman–Crippen LogP) is 0.171. The number of aliphatic hydroxyl groups excluding tert-OH is 1. The molecule has 12 heteroatoms. The molecule has 1 aromatic carbocycles. The van der Waals surface area contributed by atoms with E-state index in [0.29, 0.717) is 19.3 Å². The molecule has 0 aromatic heterocycles. The Bertz CT molecular complexity index is 1050. The van der Waals surface area contributed by atoms with Crippen LogP contribution in [-0.4, -0.2) is 88.1 Å². The molecule has 12 nitrogen and oxygen atoms in total. The number of amides is 4. The highest BCUT2D eigenvalue weighted by atomic mass is 16.4. The second-order valence-electron chi connectivity index (χ2n) is 11.1. The van der Waals surface area contributed by atoms with Crippen LogP contribution in [0.25, 0.3) is 0 Å². The summed E-state index contributed by atoms with van der Waals surface area (Å²) in [7, 11) is 0. The van der Waals surface area contributed by atoms with Crippen molar-refractivity contribution in [2.24, 2.45) is 17.6 Å². The van der Waals surface area contributed by atoms with Gasteiger partial charge >= 0.3 is 5.97 Å². The lowest BCUT2D eigenvalue weighted by atomic mass is 9.96. The molecule has 228 valence electrons. The van der Waals surface area contributed by atoms with Crippen LogP contribution in [0.2, 0.25) is 0 Å². The third-order valence-corrected chi connectivity index (χ3v) is 7.39. The van der Waals surface area contributed by atoms with Gasteiger partial charge in [-0.1, -0.05) is 64.4 Å². The SMILES string of the molecule is CC[C@H](C)[C@H](NC(=O)[C@@H]1CCCN1C(=O)[C@H](CO)NC(=O)[C@@H](N)Cc1ccccc1)C(=O)N[C@@H](CC(C)C)C(=O)O. The molecule has 1 heterocycles. The molecule has 1 fully saturated rings. The highest BCUT2D eigenvalue weighted by Gasteiger charge is 2.40. The number of nitrogens with two attached hydrogens (primary N) is 1. The van der Waals surface area contributed by atoms with Crippen LogP contribution in [0, 0.1) is 11.8 Å². The lowest BCUT2D eigenvalue weighted by Gasteiger charge is -2.31. The van der Waals surface area contributed by atoms with E-state index in [2.05, 4.69) is 16.0 Å². The lowest BCUT2D eigenvalue weighted by Crippen LogP contribution is -2.59. The summed E-state index contributed by atoms with van der Waals surface area (Å²) in [5.74, 6) is -3.84. The summed E-state index contributed by atoms with van der Waals surface area (Å²) >= 11 is 0. The first kappa shape index (κ1) is 33.7. The number of aliphatic hydroxyl groups is 1. The van der Waals surface area contributed by atoms with Crippen LogP contribution in [0.1, 0.15) is 58.9 Å². The second-order valence-corrected chi connectivity index (χ2v) is 11.1.